The summed E-state index contributed by atoms with van der Waals surface area (Å²) < 4.78 is 0. The van der Waals surface area contributed by atoms with E-state index in [0.717, 1.165) is 35.5 Å². The van der Waals surface area contributed by atoms with Crippen LogP contribution in [0.5, 0.6) is 0 Å². The molecule has 4 fully saturated rings. The van der Waals surface area contributed by atoms with Crippen molar-refractivity contribution in [2.75, 3.05) is 18.8 Å². The van der Waals surface area contributed by atoms with Crippen LogP contribution in [0, 0.1) is 23.7 Å². The van der Waals surface area contributed by atoms with E-state index in [4.69, 9.17) is 0 Å². The lowest BCUT2D eigenvalue weighted by molar-refractivity contribution is 0.0267. The minimum Gasteiger partial charge on any atom is -0.312 e. The zero-order valence-corrected chi connectivity index (χ0v) is 16.8. The van der Waals surface area contributed by atoms with Crippen molar-refractivity contribution < 1.29 is 0 Å². The van der Waals surface area contributed by atoms with E-state index in [1.54, 1.807) is 32.1 Å². The Kier molecular flexibility index (Phi) is 6.92. The Morgan fingerprint density at radius 1 is 0.958 bits per heavy atom. The van der Waals surface area contributed by atoms with E-state index < -0.39 is 0 Å². The summed E-state index contributed by atoms with van der Waals surface area (Å²) in [4.78, 5) is 0. The predicted molar refractivity (Wildman–Crippen MR) is 109 cm³/mol. The summed E-state index contributed by atoms with van der Waals surface area (Å²) in [5.41, 5.74) is 2.96. The second-order valence-electron chi connectivity index (χ2n) is 8.84. The molecular formula is C22H37NS. The highest BCUT2D eigenvalue weighted by molar-refractivity contribution is 7.99. The first-order chi connectivity index (χ1) is 11.6. The second-order valence-corrected chi connectivity index (χ2v) is 10.1. The van der Waals surface area contributed by atoms with Crippen LogP contribution in [0.4, 0.5) is 0 Å². The van der Waals surface area contributed by atoms with Crippen LogP contribution in [0.2, 0.25) is 0 Å². The summed E-state index contributed by atoms with van der Waals surface area (Å²) >= 11 is 2.30. The fourth-order valence-corrected chi connectivity index (χ4v) is 6.98. The lowest BCUT2D eigenvalue weighted by Gasteiger charge is -2.54. The minimum atomic E-state index is 1.00. The van der Waals surface area contributed by atoms with E-state index in [-0.39, 0.29) is 0 Å². The van der Waals surface area contributed by atoms with Crippen molar-refractivity contribution in [2.45, 2.75) is 71.0 Å². The van der Waals surface area contributed by atoms with Crippen molar-refractivity contribution in [2.24, 2.45) is 23.7 Å². The third-order valence-corrected chi connectivity index (χ3v) is 8.01. The van der Waals surface area contributed by atoms with Crippen molar-refractivity contribution in [3.63, 3.8) is 0 Å². The van der Waals surface area contributed by atoms with Crippen molar-refractivity contribution in [1.29, 1.82) is 0 Å². The molecule has 0 aliphatic heterocycles. The molecule has 2 heteroatoms. The zero-order chi connectivity index (χ0) is 16.9. The SMILES string of the molecule is CC(C)=CCCC(C)=CCNCCSC1C2CC3CC(C2)CC1C3. The van der Waals surface area contributed by atoms with Crippen LogP contribution in [-0.4, -0.2) is 24.1 Å². The Balaban J connectivity index is 1.27. The number of allylic oxidation sites excluding steroid dienone is 3. The molecule has 0 radical (unpaired) electrons. The Labute approximate surface area is 154 Å². The van der Waals surface area contributed by atoms with Gasteiger partial charge in [0.15, 0.2) is 0 Å². The molecule has 4 saturated carbocycles. The van der Waals surface area contributed by atoms with Gasteiger partial charge in [0.05, 0.1) is 0 Å². The Morgan fingerprint density at radius 2 is 1.62 bits per heavy atom. The smallest absolute Gasteiger partial charge is 0.0137 e. The summed E-state index contributed by atoms with van der Waals surface area (Å²) in [6, 6.07) is 0. The van der Waals surface area contributed by atoms with Crippen LogP contribution in [0.1, 0.15) is 65.7 Å². The molecule has 4 rings (SSSR count). The average molecular weight is 348 g/mol. The fraction of sp³-hybridized carbons (Fsp3) is 0.818. The average Bonchev–Trinajstić information content (AvgIpc) is 2.51. The van der Waals surface area contributed by atoms with Gasteiger partial charge in [-0.1, -0.05) is 23.3 Å². The van der Waals surface area contributed by atoms with Crippen LogP contribution >= 0.6 is 11.8 Å². The summed E-state index contributed by atoms with van der Waals surface area (Å²) in [6.45, 7) is 8.85. The molecule has 0 saturated heterocycles. The van der Waals surface area contributed by atoms with Crippen molar-refractivity contribution in [3.05, 3.63) is 23.3 Å². The molecular weight excluding hydrogens is 310 g/mol. The molecule has 1 N–H and O–H groups in total. The first kappa shape index (κ1) is 18.6. The molecule has 0 spiro atoms. The standard InChI is InChI=1S/C22H37NS/c1-16(2)5-4-6-17(3)7-8-23-9-10-24-22-20-12-18-11-19(14-20)15-21(22)13-18/h5,7,18-23H,4,6,8-15H2,1-3H3. The summed E-state index contributed by atoms with van der Waals surface area (Å²) in [5, 5.41) is 4.63. The molecule has 0 heterocycles. The number of hydrogen-bond donors (Lipinski definition) is 1. The lowest BCUT2D eigenvalue weighted by Crippen LogP contribution is -2.47. The first-order valence-electron chi connectivity index (χ1n) is 10.2. The van der Waals surface area contributed by atoms with Crippen LogP contribution in [-0.2, 0) is 0 Å². The highest BCUT2D eigenvalue weighted by atomic mass is 32.2. The van der Waals surface area contributed by atoms with Crippen LogP contribution in [0.15, 0.2) is 23.3 Å². The van der Waals surface area contributed by atoms with Crippen LogP contribution in [0.3, 0.4) is 0 Å². The Bertz CT molecular complexity index is 433. The molecule has 136 valence electrons. The highest BCUT2D eigenvalue weighted by Crippen LogP contribution is 2.56. The van der Waals surface area contributed by atoms with Gasteiger partial charge in [-0.25, -0.2) is 0 Å². The molecule has 0 amide bonds. The largest absolute Gasteiger partial charge is 0.312 e. The quantitative estimate of drug-likeness (QED) is 0.416. The molecule has 0 aromatic rings. The van der Waals surface area contributed by atoms with Gasteiger partial charge in [0.1, 0.15) is 0 Å². The van der Waals surface area contributed by atoms with E-state index >= 15 is 0 Å². The molecule has 1 nitrogen and oxygen atoms in total. The van der Waals surface area contributed by atoms with Gasteiger partial charge in [0.2, 0.25) is 0 Å². The molecule has 0 atom stereocenters. The van der Waals surface area contributed by atoms with Crippen LogP contribution < -0.4 is 5.32 Å². The van der Waals surface area contributed by atoms with Gasteiger partial charge in [-0.15, -0.1) is 0 Å². The summed E-state index contributed by atoms with van der Waals surface area (Å²) in [5.74, 6) is 5.67. The minimum absolute atomic E-state index is 1.00. The maximum absolute atomic E-state index is 3.63. The number of hydrogen-bond acceptors (Lipinski definition) is 2. The zero-order valence-electron chi connectivity index (χ0n) is 16.0. The van der Waals surface area contributed by atoms with Crippen LogP contribution in [0.25, 0.3) is 0 Å². The molecule has 4 aliphatic carbocycles. The summed E-state index contributed by atoms with van der Waals surface area (Å²) in [6.07, 6.45) is 14.9. The molecule has 0 aromatic heterocycles. The van der Waals surface area contributed by atoms with Gasteiger partial charge in [-0.3, -0.25) is 0 Å². The maximum Gasteiger partial charge on any atom is 0.0137 e. The monoisotopic (exact) mass is 347 g/mol. The topological polar surface area (TPSA) is 12.0 Å². The van der Waals surface area contributed by atoms with E-state index in [9.17, 15) is 0 Å². The molecule has 4 bridgehead atoms. The van der Waals surface area contributed by atoms with Gasteiger partial charge < -0.3 is 5.32 Å². The van der Waals surface area contributed by atoms with Crippen molar-refractivity contribution in [1.82, 2.24) is 5.32 Å². The number of rotatable bonds is 9. The molecule has 4 aliphatic rings. The van der Waals surface area contributed by atoms with Gasteiger partial charge in [-0.05, 0) is 89.4 Å². The second kappa shape index (κ2) is 8.94. The third kappa shape index (κ3) is 5.14. The lowest BCUT2D eigenvalue weighted by atomic mass is 9.56. The van der Waals surface area contributed by atoms with E-state index in [1.807, 2.05) is 0 Å². The van der Waals surface area contributed by atoms with Crippen molar-refractivity contribution in [3.8, 4) is 0 Å². The molecule has 24 heavy (non-hydrogen) atoms. The fourth-order valence-electron chi connectivity index (χ4n) is 5.45. The number of thioether (sulfide) groups is 1. The first-order valence-corrected chi connectivity index (χ1v) is 11.3. The van der Waals surface area contributed by atoms with Gasteiger partial charge in [0, 0.05) is 24.1 Å². The van der Waals surface area contributed by atoms with Gasteiger partial charge >= 0.3 is 0 Å². The predicted octanol–water partition coefficient (Wildman–Crippen LogP) is 5.83. The third-order valence-electron chi connectivity index (χ3n) is 6.42. The Hall–Kier alpha value is -0.210. The normalized spacial score (nSPS) is 34.6. The van der Waals surface area contributed by atoms with Gasteiger partial charge in [-0.2, -0.15) is 11.8 Å². The van der Waals surface area contributed by atoms with E-state index in [2.05, 4.69) is 50.0 Å². The van der Waals surface area contributed by atoms with Crippen molar-refractivity contribution >= 4 is 11.8 Å². The van der Waals surface area contributed by atoms with Gasteiger partial charge in [0.25, 0.3) is 0 Å². The Morgan fingerprint density at radius 3 is 2.25 bits per heavy atom. The highest BCUT2D eigenvalue weighted by Gasteiger charge is 2.48. The molecule has 0 aromatic carbocycles. The molecule has 0 unspecified atom stereocenters. The number of nitrogens with one attached hydrogen (secondary N) is 1. The maximum atomic E-state index is 3.63. The van der Waals surface area contributed by atoms with E-state index in [1.165, 1.54) is 36.3 Å². The summed E-state index contributed by atoms with van der Waals surface area (Å²) in [7, 11) is 0. The van der Waals surface area contributed by atoms with E-state index in [0.29, 0.717) is 0 Å².